The topological polar surface area (TPSA) is 36.7 Å². The molecule has 0 amide bonds. The summed E-state index contributed by atoms with van der Waals surface area (Å²) in [6.45, 7) is 3.98. The Hall–Kier alpha value is -2.47. The van der Waals surface area contributed by atoms with Crippen LogP contribution >= 0.6 is 0 Å². The summed E-state index contributed by atoms with van der Waals surface area (Å²) < 4.78 is 14.9. The third-order valence-electron chi connectivity index (χ3n) is 4.31. The molecule has 1 fully saturated rings. The highest BCUT2D eigenvalue weighted by atomic mass is 19.1. The molecule has 5 nitrogen and oxygen atoms in total. The van der Waals surface area contributed by atoms with Crippen LogP contribution < -0.4 is 4.90 Å². The molecule has 1 aromatic carbocycles. The van der Waals surface area contributed by atoms with E-state index in [-0.39, 0.29) is 5.82 Å². The maximum atomic E-state index is 13.1. The molecule has 0 unspecified atom stereocenters. The molecule has 6 heteroatoms. The van der Waals surface area contributed by atoms with Crippen molar-refractivity contribution in [3.05, 3.63) is 48.5 Å². The molecule has 118 valence electrons. The first kappa shape index (κ1) is 14.1. The van der Waals surface area contributed by atoms with Gasteiger partial charge < -0.3 is 9.80 Å². The number of anilines is 1. The minimum absolute atomic E-state index is 0.239. The zero-order valence-electron chi connectivity index (χ0n) is 13.0. The van der Waals surface area contributed by atoms with E-state index in [1.165, 1.54) is 12.1 Å². The molecule has 0 radical (unpaired) electrons. The lowest BCUT2D eigenvalue weighted by molar-refractivity contribution is 0.312. The van der Waals surface area contributed by atoms with Crippen LogP contribution in [0.1, 0.15) is 0 Å². The summed E-state index contributed by atoms with van der Waals surface area (Å²) >= 11 is 0. The normalized spacial score (nSPS) is 16.2. The lowest BCUT2D eigenvalue weighted by atomic mass is 10.1. The van der Waals surface area contributed by atoms with Crippen molar-refractivity contribution in [3.63, 3.8) is 0 Å². The molecule has 0 spiro atoms. The number of piperazine rings is 1. The van der Waals surface area contributed by atoms with Gasteiger partial charge in [-0.2, -0.15) is 5.10 Å². The van der Waals surface area contributed by atoms with Crippen LogP contribution in [0.2, 0.25) is 0 Å². The second-order valence-corrected chi connectivity index (χ2v) is 5.91. The Labute approximate surface area is 134 Å². The van der Waals surface area contributed by atoms with E-state index < -0.39 is 0 Å². The monoisotopic (exact) mass is 311 g/mol. The van der Waals surface area contributed by atoms with Crippen molar-refractivity contribution in [1.82, 2.24) is 19.5 Å². The summed E-state index contributed by atoms with van der Waals surface area (Å²) in [6.07, 6.45) is 3.63. The average Bonchev–Trinajstić information content (AvgIpc) is 3.00. The Morgan fingerprint density at radius 3 is 2.52 bits per heavy atom. The van der Waals surface area contributed by atoms with Crippen LogP contribution in [0.5, 0.6) is 0 Å². The number of fused-ring (bicyclic) bond motifs is 1. The summed E-state index contributed by atoms with van der Waals surface area (Å²) in [5.41, 5.74) is 2.71. The van der Waals surface area contributed by atoms with Crippen LogP contribution in [0.15, 0.2) is 42.7 Å². The fourth-order valence-electron chi connectivity index (χ4n) is 2.93. The van der Waals surface area contributed by atoms with Gasteiger partial charge in [0.25, 0.3) is 0 Å². The summed E-state index contributed by atoms with van der Waals surface area (Å²) in [4.78, 5) is 9.18. The molecule has 2 aromatic heterocycles. The van der Waals surface area contributed by atoms with Gasteiger partial charge >= 0.3 is 0 Å². The third kappa shape index (κ3) is 2.66. The Morgan fingerprint density at radius 1 is 1.04 bits per heavy atom. The molecular formula is C17H18FN5. The third-order valence-corrected chi connectivity index (χ3v) is 4.31. The van der Waals surface area contributed by atoms with Crippen LogP contribution in [0.4, 0.5) is 10.2 Å². The molecule has 0 saturated carbocycles. The summed E-state index contributed by atoms with van der Waals surface area (Å²) in [5, 5.41) is 4.60. The van der Waals surface area contributed by atoms with Gasteiger partial charge in [-0.15, -0.1) is 0 Å². The van der Waals surface area contributed by atoms with Gasteiger partial charge in [0.15, 0.2) is 5.82 Å². The van der Waals surface area contributed by atoms with Crippen LogP contribution in [0.25, 0.3) is 16.8 Å². The lowest BCUT2D eigenvalue weighted by Crippen LogP contribution is -2.45. The first-order chi connectivity index (χ1) is 11.2. The quantitative estimate of drug-likeness (QED) is 0.727. The van der Waals surface area contributed by atoms with Crippen molar-refractivity contribution < 1.29 is 4.39 Å². The molecule has 4 rings (SSSR count). The van der Waals surface area contributed by atoms with Gasteiger partial charge in [-0.05, 0) is 37.4 Å². The Morgan fingerprint density at radius 2 is 1.78 bits per heavy atom. The molecule has 0 atom stereocenters. The molecule has 0 N–H and O–H groups in total. The van der Waals surface area contributed by atoms with Gasteiger partial charge in [-0.3, -0.25) is 0 Å². The van der Waals surface area contributed by atoms with Gasteiger partial charge in [0.05, 0.1) is 5.69 Å². The summed E-state index contributed by atoms with van der Waals surface area (Å²) in [5.74, 6) is 0.721. The molecule has 3 heterocycles. The maximum Gasteiger partial charge on any atom is 0.154 e. The van der Waals surface area contributed by atoms with Crippen LogP contribution in [0.3, 0.4) is 0 Å². The number of rotatable bonds is 2. The smallest absolute Gasteiger partial charge is 0.154 e. The van der Waals surface area contributed by atoms with Crippen LogP contribution in [0, 0.1) is 5.82 Å². The van der Waals surface area contributed by atoms with E-state index in [0.717, 1.165) is 48.8 Å². The fraction of sp³-hybridized carbons (Fsp3) is 0.294. The van der Waals surface area contributed by atoms with E-state index in [0.29, 0.717) is 0 Å². The van der Waals surface area contributed by atoms with Gasteiger partial charge in [0, 0.05) is 44.1 Å². The van der Waals surface area contributed by atoms with Gasteiger partial charge in [0.2, 0.25) is 0 Å². The fourth-order valence-corrected chi connectivity index (χ4v) is 2.93. The number of halogens is 1. The molecule has 1 aliphatic rings. The molecule has 0 aliphatic carbocycles. The maximum absolute atomic E-state index is 13.1. The molecule has 1 aliphatic heterocycles. The van der Waals surface area contributed by atoms with E-state index in [1.807, 2.05) is 16.8 Å². The molecule has 1 saturated heterocycles. The average molecular weight is 311 g/mol. The highest BCUT2D eigenvalue weighted by Gasteiger charge is 2.19. The number of hydrogen-bond donors (Lipinski definition) is 0. The highest BCUT2D eigenvalue weighted by Crippen LogP contribution is 2.25. The zero-order valence-corrected chi connectivity index (χ0v) is 13.0. The van der Waals surface area contributed by atoms with Crippen molar-refractivity contribution >= 4 is 11.3 Å². The molecule has 23 heavy (non-hydrogen) atoms. The van der Waals surface area contributed by atoms with Crippen molar-refractivity contribution in [2.75, 3.05) is 38.1 Å². The Balaban J connectivity index is 1.74. The van der Waals surface area contributed by atoms with Crippen molar-refractivity contribution in [1.29, 1.82) is 0 Å². The van der Waals surface area contributed by atoms with E-state index in [1.54, 1.807) is 18.3 Å². The van der Waals surface area contributed by atoms with Crippen LogP contribution in [-0.4, -0.2) is 52.7 Å². The zero-order chi connectivity index (χ0) is 15.8. The highest BCUT2D eigenvalue weighted by molar-refractivity contribution is 5.75. The van der Waals surface area contributed by atoms with Gasteiger partial charge in [-0.1, -0.05) is 0 Å². The number of hydrogen-bond acceptors (Lipinski definition) is 4. The largest absolute Gasteiger partial charge is 0.352 e. The number of nitrogens with zero attached hydrogens (tertiary/aromatic N) is 5. The second kappa shape index (κ2) is 5.62. The predicted octanol–water partition coefficient (Wildman–Crippen LogP) is 2.29. The Kier molecular flexibility index (Phi) is 3.46. The number of benzene rings is 1. The summed E-state index contributed by atoms with van der Waals surface area (Å²) in [6, 6.07) is 8.44. The van der Waals surface area contributed by atoms with E-state index in [2.05, 4.69) is 26.9 Å². The molecular weight excluding hydrogens is 293 g/mol. The van der Waals surface area contributed by atoms with Crippen LogP contribution in [-0.2, 0) is 0 Å². The minimum atomic E-state index is -0.239. The Bertz CT molecular complexity index is 819. The van der Waals surface area contributed by atoms with Crippen molar-refractivity contribution in [2.45, 2.75) is 0 Å². The molecule has 0 bridgehead atoms. The van der Waals surface area contributed by atoms with Crippen molar-refractivity contribution in [2.24, 2.45) is 0 Å². The van der Waals surface area contributed by atoms with E-state index in [9.17, 15) is 4.39 Å². The number of aromatic nitrogens is 3. The SMILES string of the molecule is CN1CCN(c2nccn3nc(-c4ccc(F)cc4)cc23)CC1. The second-order valence-electron chi connectivity index (χ2n) is 5.91. The van der Waals surface area contributed by atoms with Gasteiger partial charge in [-0.25, -0.2) is 13.9 Å². The predicted molar refractivity (Wildman–Crippen MR) is 88.1 cm³/mol. The standard InChI is InChI=1S/C17H18FN5/c1-21-8-10-22(11-9-21)17-16-12-15(20-23(16)7-6-19-17)13-2-4-14(18)5-3-13/h2-7,12H,8-11H2,1H3. The minimum Gasteiger partial charge on any atom is -0.352 e. The first-order valence-corrected chi connectivity index (χ1v) is 7.74. The van der Waals surface area contributed by atoms with Crippen molar-refractivity contribution in [3.8, 4) is 11.3 Å². The lowest BCUT2D eigenvalue weighted by Gasteiger charge is -2.33. The first-order valence-electron chi connectivity index (χ1n) is 7.74. The van der Waals surface area contributed by atoms with E-state index in [4.69, 9.17) is 0 Å². The summed E-state index contributed by atoms with van der Waals surface area (Å²) in [7, 11) is 2.14. The number of likely N-dealkylation sites (N-methyl/N-ethyl adjacent to an activating group) is 1. The van der Waals surface area contributed by atoms with E-state index >= 15 is 0 Å². The van der Waals surface area contributed by atoms with Gasteiger partial charge in [0.1, 0.15) is 11.3 Å². The molecule has 3 aromatic rings.